The Morgan fingerprint density at radius 1 is 0.840 bits per heavy atom. The highest BCUT2D eigenvalue weighted by molar-refractivity contribution is 5.96. The quantitative estimate of drug-likeness (QED) is 0.527. The molecule has 3 nitrogen and oxygen atoms in total. The fourth-order valence-corrected chi connectivity index (χ4v) is 3.73. The topological polar surface area (TPSA) is 29.3 Å². The van der Waals surface area contributed by atoms with Crippen LogP contribution in [-0.4, -0.2) is 13.1 Å². The van der Waals surface area contributed by atoms with Gasteiger partial charge in [0.15, 0.2) is 5.54 Å². The van der Waals surface area contributed by atoms with Gasteiger partial charge < -0.3 is 9.64 Å². The van der Waals surface area contributed by atoms with E-state index in [-0.39, 0.29) is 12.0 Å². The summed E-state index contributed by atoms with van der Waals surface area (Å²) in [5, 5.41) is 0. The molecule has 0 spiro atoms. The molecule has 0 saturated carbocycles. The van der Waals surface area contributed by atoms with E-state index in [2.05, 4.69) is 17.0 Å². The Labute approximate surface area is 147 Å². The molecule has 3 heteroatoms. The van der Waals surface area contributed by atoms with Crippen LogP contribution in [0.3, 0.4) is 0 Å². The van der Waals surface area contributed by atoms with Crippen LogP contribution < -0.4 is 4.90 Å². The third-order valence-electron chi connectivity index (χ3n) is 4.83. The number of rotatable bonds is 4. The molecule has 0 bridgehead atoms. The molecule has 0 aliphatic carbocycles. The summed E-state index contributed by atoms with van der Waals surface area (Å²) in [6, 6.07) is 29.9. The Kier molecular flexibility index (Phi) is 3.77. The highest BCUT2D eigenvalue weighted by Crippen LogP contribution is 2.62. The van der Waals surface area contributed by atoms with Crippen molar-refractivity contribution in [1.82, 2.24) is 0 Å². The van der Waals surface area contributed by atoms with Gasteiger partial charge in [0.2, 0.25) is 0 Å². The van der Waals surface area contributed by atoms with Crippen LogP contribution in [-0.2, 0) is 15.1 Å². The van der Waals surface area contributed by atoms with E-state index in [9.17, 15) is 4.79 Å². The van der Waals surface area contributed by atoms with Gasteiger partial charge in [-0.25, -0.2) is 4.79 Å². The van der Waals surface area contributed by atoms with Crippen molar-refractivity contribution in [3.05, 3.63) is 102 Å². The number of nitrogens with zero attached hydrogens (tertiary/aromatic N) is 1. The first kappa shape index (κ1) is 15.5. The summed E-state index contributed by atoms with van der Waals surface area (Å²) in [6.07, 6.45) is 0. The summed E-state index contributed by atoms with van der Waals surface area (Å²) < 4.78 is 5.25. The van der Waals surface area contributed by atoms with Crippen LogP contribution in [0.25, 0.3) is 0 Å². The molecule has 1 fully saturated rings. The average Bonchev–Trinajstić information content (AvgIpc) is 3.41. The molecule has 0 aromatic heterocycles. The zero-order valence-electron chi connectivity index (χ0n) is 14.0. The van der Waals surface area contributed by atoms with Gasteiger partial charge in [-0.05, 0) is 23.3 Å². The molecule has 25 heavy (non-hydrogen) atoms. The predicted molar refractivity (Wildman–Crippen MR) is 98.2 cm³/mol. The smallest absolute Gasteiger partial charge is 0.339 e. The number of methoxy groups -OCH3 is 1. The number of ether oxygens (including phenoxy) is 1. The average molecular weight is 329 g/mol. The number of hydrogen-bond donors (Lipinski definition) is 0. The van der Waals surface area contributed by atoms with Gasteiger partial charge in [-0.3, -0.25) is 0 Å². The molecule has 1 heterocycles. The Morgan fingerprint density at radius 3 is 1.92 bits per heavy atom. The molecule has 1 aliphatic rings. The monoisotopic (exact) mass is 329 g/mol. The SMILES string of the molecule is COC(=O)C1(c2ccccc2)C(c2ccccc2)N1c1ccccc1. The molecule has 124 valence electrons. The molecule has 0 amide bonds. The highest BCUT2D eigenvalue weighted by Gasteiger charge is 2.70. The van der Waals surface area contributed by atoms with Gasteiger partial charge in [0.1, 0.15) is 0 Å². The Bertz CT molecular complexity index is 817. The lowest BCUT2D eigenvalue weighted by Gasteiger charge is -2.16. The fourth-order valence-electron chi connectivity index (χ4n) is 3.73. The zero-order chi connectivity index (χ0) is 17.3. The van der Waals surface area contributed by atoms with E-state index in [4.69, 9.17) is 4.74 Å². The van der Waals surface area contributed by atoms with Gasteiger partial charge in [0.05, 0.1) is 13.2 Å². The van der Waals surface area contributed by atoms with Crippen LogP contribution in [0.4, 0.5) is 5.69 Å². The number of para-hydroxylation sites is 1. The maximum absolute atomic E-state index is 13.0. The second-order valence-electron chi connectivity index (χ2n) is 6.14. The Morgan fingerprint density at radius 2 is 1.36 bits per heavy atom. The summed E-state index contributed by atoms with van der Waals surface area (Å²) in [7, 11) is 1.45. The van der Waals surface area contributed by atoms with Crippen molar-refractivity contribution in [2.75, 3.05) is 12.0 Å². The molecular formula is C22H19NO2. The van der Waals surface area contributed by atoms with E-state index in [1.165, 1.54) is 7.11 Å². The number of anilines is 1. The summed E-state index contributed by atoms with van der Waals surface area (Å²) in [6.45, 7) is 0. The van der Waals surface area contributed by atoms with Crippen LogP contribution in [0.15, 0.2) is 91.0 Å². The van der Waals surface area contributed by atoms with E-state index in [1.807, 2.05) is 78.9 Å². The molecular weight excluding hydrogens is 310 g/mol. The summed E-state index contributed by atoms with van der Waals surface area (Å²) in [5.74, 6) is -0.239. The largest absolute Gasteiger partial charge is 0.467 e. The van der Waals surface area contributed by atoms with Crippen molar-refractivity contribution in [3.8, 4) is 0 Å². The highest BCUT2D eigenvalue weighted by atomic mass is 16.5. The molecule has 4 rings (SSSR count). The van der Waals surface area contributed by atoms with Crippen molar-refractivity contribution in [1.29, 1.82) is 0 Å². The number of carbonyl (C=O) groups excluding carboxylic acids is 1. The van der Waals surface area contributed by atoms with E-state index < -0.39 is 5.54 Å². The van der Waals surface area contributed by atoms with Crippen molar-refractivity contribution in [2.45, 2.75) is 11.6 Å². The first-order chi connectivity index (χ1) is 12.3. The van der Waals surface area contributed by atoms with Crippen LogP contribution in [0.1, 0.15) is 17.2 Å². The number of hydrogen-bond acceptors (Lipinski definition) is 3. The molecule has 1 aliphatic heterocycles. The minimum absolute atomic E-state index is 0.0917. The normalized spacial score (nSPS) is 21.6. The molecule has 1 saturated heterocycles. The lowest BCUT2D eigenvalue weighted by Crippen LogP contribution is -2.29. The molecule has 0 N–H and O–H groups in total. The second kappa shape index (κ2) is 6.10. The van der Waals surface area contributed by atoms with Crippen LogP contribution in [0.2, 0.25) is 0 Å². The van der Waals surface area contributed by atoms with E-state index in [0.29, 0.717) is 0 Å². The van der Waals surface area contributed by atoms with E-state index >= 15 is 0 Å². The van der Waals surface area contributed by atoms with Gasteiger partial charge in [-0.15, -0.1) is 0 Å². The van der Waals surface area contributed by atoms with E-state index in [1.54, 1.807) is 0 Å². The van der Waals surface area contributed by atoms with Crippen LogP contribution in [0, 0.1) is 0 Å². The van der Waals surface area contributed by atoms with Gasteiger partial charge in [-0.1, -0.05) is 78.9 Å². The summed E-state index contributed by atoms with van der Waals surface area (Å²) in [5.41, 5.74) is 2.21. The maximum atomic E-state index is 13.0. The lowest BCUT2D eigenvalue weighted by atomic mass is 9.91. The van der Waals surface area contributed by atoms with Gasteiger partial charge in [-0.2, -0.15) is 0 Å². The van der Waals surface area contributed by atoms with Crippen molar-refractivity contribution in [3.63, 3.8) is 0 Å². The number of esters is 1. The molecule has 3 aromatic rings. The minimum atomic E-state index is -0.835. The third-order valence-corrected chi connectivity index (χ3v) is 4.83. The Hall–Kier alpha value is -3.07. The standard InChI is InChI=1S/C22H19NO2/c1-25-21(24)22(18-13-7-3-8-14-18)20(17-11-5-2-6-12-17)23(22)19-15-9-4-10-16-19/h2-16,20H,1H3. The summed E-state index contributed by atoms with van der Waals surface area (Å²) in [4.78, 5) is 15.1. The molecule has 2 atom stereocenters. The predicted octanol–water partition coefficient (Wildman–Crippen LogP) is 4.32. The molecule has 3 aromatic carbocycles. The van der Waals surface area contributed by atoms with Crippen LogP contribution >= 0.6 is 0 Å². The van der Waals surface area contributed by atoms with Crippen LogP contribution in [0.5, 0.6) is 0 Å². The van der Waals surface area contributed by atoms with Gasteiger partial charge >= 0.3 is 5.97 Å². The van der Waals surface area contributed by atoms with Gasteiger partial charge in [0, 0.05) is 5.69 Å². The molecule has 0 radical (unpaired) electrons. The van der Waals surface area contributed by atoms with Gasteiger partial charge in [0.25, 0.3) is 0 Å². The minimum Gasteiger partial charge on any atom is -0.467 e. The third kappa shape index (κ3) is 2.31. The second-order valence-corrected chi connectivity index (χ2v) is 6.14. The number of benzene rings is 3. The molecule has 2 unspecified atom stereocenters. The maximum Gasteiger partial charge on any atom is 0.339 e. The summed E-state index contributed by atoms with van der Waals surface area (Å²) >= 11 is 0. The first-order valence-corrected chi connectivity index (χ1v) is 8.33. The lowest BCUT2D eigenvalue weighted by molar-refractivity contribution is -0.143. The Balaban J connectivity index is 1.92. The number of carbonyl (C=O) groups is 1. The van der Waals surface area contributed by atoms with Crippen molar-refractivity contribution < 1.29 is 9.53 Å². The van der Waals surface area contributed by atoms with E-state index in [0.717, 1.165) is 16.8 Å². The van der Waals surface area contributed by atoms with Crippen molar-refractivity contribution >= 4 is 11.7 Å². The first-order valence-electron chi connectivity index (χ1n) is 8.33. The fraction of sp³-hybridized carbons (Fsp3) is 0.136. The van der Waals surface area contributed by atoms with Crippen molar-refractivity contribution in [2.24, 2.45) is 0 Å². The zero-order valence-corrected chi connectivity index (χ0v) is 14.0.